The van der Waals surface area contributed by atoms with Crippen molar-refractivity contribution in [2.24, 2.45) is 0 Å². The predicted octanol–water partition coefficient (Wildman–Crippen LogP) is 1.59. The minimum atomic E-state index is -2.75. The van der Waals surface area contributed by atoms with Crippen molar-refractivity contribution in [2.75, 3.05) is 6.54 Å². The Morgan fingerprint density at radius 3 is 2.12 bits per heavy atom. The van der Waals surface area contributed by atoms with E-state index >= 15 is 0 Å². The molecule has 3 rings (SSSR count). The molecule has 2 aromatic rings. The molecule has 2 amide bonds. The normalized spacial score (nSPS) is 15.6. The number of benzene rings is 2. The fraction of sp³-hybridized carbons (Fsp3) is 0.111. The van der Waals surface area contributed by atoms with Gasteiger partial charge in [-0.2, -0.15) is 5.26 Å². The number of nitrogens with zero attached hydrogens (tertiary/aromatic N) is 2. The van der Waals surface area contributed by atoms with Crippen molar-refractivity contribution in [3.8, 4) is 6.07 Å². The zero-order valence-corrected chi connectivity index (χ0v) is 14.1. The molecule has 7 heteroatoms. The van der Waals surface area contributed by atoms with Crippen LogP contribution >= 0.6 is 0 Å². The minimum Gasteiger partial charge on any atom is -0.270 e. The molecular weight excluding hydrogens is 338 g/mol. The number of hydrogen-bond acceptors (Lipinski definition) is 4. The van der Waals surface area contributed by atoms with Gasteiger partial charge >= 0.3 is 0 Å². The van der Waals surface area contributed by atoms with Crippen LogP contribution in [0.3, 0.4) is 0 Å². The number of amides is 2. The van der Waals surface area contributed by atoms with Gasteiger partial charge in [0.15, 0.2) is 0 Å². The molecule has 0 radical (unpaired) electrons. The third-order valence-corrected chi connectivity index (χ3v) is 5.55. The molecule has 0 saturated heterocycles. The molecule has 1 aliphatic heterocycles. The first kappa shape index (κ1) is 16.9. The first-order valence-electron chi connectivity index (χ1n) is 7.47. The molecule has 2 aromatic carbocycles. The molecule has 6 nitrogen and oxygen atoms in total. The van der Waals surface area contributed by atoms with E-state index in [2.05, 4.69) is 10.6 Å². The van der Waals surface area contributed by atoms with Crippen LogP contribution in [0, 0.1) is 11.3 Å². The summed E-state index contributed by atoms with van der Waals surface area (Å²) in [5, 5.41) is 8.57. The van der Waals surface area contributed by atoms with Gasteiger partial charge < -0.3 is 0 Å². The summed E-state index contributed by atoms with van der Waals surface area (Å²) in [6, 6.07) is 15.2. The summed E-state index contributed by atoms with van der Waals surface area (Å²) in [5.41, 5.74) is 1.55. The Hall–Kier alpha value is -2.95. The van der Waals surface area contributed by atoms with Gasteiger partial charge in [-0.1, -0.05) is 24.3 Å². The van der Waals surface area contributed by atoms with E-state index in [4.69, 9.17) is 5.26 Å². The van der Waals surface area contributed by atoms with Crippen molar-refractivity contribution in [1.82, 2.24) is 9.62 Å². The summed E-state index contributed by atoms with van der Waals surface area (Å²) < 4.78 is 14.9. The number of carbonyl (C=O) groups excluding carboxylic acids is 2. The molecule has 0 aromatic heterocycles. The van der Waals surface area contributed by atoms with Crippen molar-refractivity contribution in [2.45, 2.75) is 11.4 Å². The summed E-state index contributed by atoms with van der Waals surface area (Å²) in [7, 11) is -2.75. The molecular formula is C18H15N3O3S. The summed E-state index contributed by atoms with van der Waals surface area (Å²) >= 11 is 0. The monoisotopic (exact) mass is 353 g/mol. The van der Waals surface area contributed by atoms with E-state index < -0.39 is 9.71 Å². The van der Waals surface area contributed by atoms with Crippen LogP contribution in [-0.4, -0.2) is 33.3 Å². The van der Waals surface area contributed by atoms with E-state index in [-0.39, 0.29) is 24.9 Å². The maximum atomic E-state index is 12.4. The molecule has 1 atom stereocenters. The fourth-order valence-electron chi connectivity index (χ4n) is 2.61. The molecule has 1 aliphatic rings. The van der Waals surface area contributed by atoms with Gasteiger partial charge in [0.1, 0.15) is 0 Å². The quantitative estimate of drug-likeness (QED) is 0.502. The maximum Gasteiger partial charge on any atom is 0.261 e. The lowest BCUT2D eigenvalue weighted by molar-refractivity contribution is 0.0642. The number of hydrogen-bond donors (Lipinski definition) is 1. The van der Waals surface area contributed by atoms with Gasteiger partial charge in [0.2, 0.25) is 0 Å². The lowest BCUT2D eigenvalue weighted by Gasteiger charge is -2.15. The topological polar surface area (TPSA) is 90.3 Å². The third-order valence-electron chi connectivity index (χ3n) is 3.91. The van der Waals surface area contributed by atoms with Crippen LogP contribution in [-0.2, 0) is 16.3 Å². The van der Waals surface area contributed by atoms with Crippen LogP contribution in [0.5, 0.6) is 0 Å². The first-order chi connectivity index (χ1) is 11.9. The summed E-state index contributed by atoms with van der Waals surface area (Å²) in [4.78, 5) is 26.4. The Morgan fingerprint density at radius 1 is 1.04 bits per heavy atom. The van der Waals surface area contributed by atoms with Crippen molar-refractivity contribution in [3.63, 3.8) is 0 Å². The highest BCUT2D eigenvalue weighted by Gasteiger charge is 2.34. The van der Waals surface area contributed by atoms with Crippen molar-refractivity contribution >= 4 is 27.4 Å². The van der Waals surface area contributed by atoms with Crippen LogP contribution in [0.15, 0.2) is 53.4 Å². The molecule has 1 heterocycles. The number of carbonyl (C=O) groups is 2. The number of imide groups is 1. The van der Waals surface area contributed by atoms with E-state index in [1.165, 1.54) is 4.90 Å². The molecule has 0 saturated carbocycles. The SMILES string of the molecule is C=S(=O)(NCC#N)c1ccc(CN2C(=O)c3ccccc3C2=O)cc1. The van der Waals surface area contributed by atoms with Gasteiger partial charge in [0.05, 0.1) is 40.0 Å². The highest BCUT2D eigenvalue weighted by atomic mass is 32.2. The molecule has 1 N–H and O–H groups in total. The van der Waals surface area contributed by atoms with Gasteiger partial charge in [-0.15, -0.1) is 0 Å². The highest BCUT2D eigenvalue weighted by Crippen LogP contribution is 2.24. The number of rotatable bonds is 5. The molecule has 0 bridgehead atoms. The Kier molecular flexibility index (Phi) is 4.40. The molecule has 0 fully saturated rings. The zero-order valence-electron chi connectivity index (χ0n) is 13.3. The number of fused-ring (bicyclic) bond motifs is 1. The fourth-order valence-corrected chi connectivity index (χ4v) is 3.65. The first-order valence-corrected chi connectivity index (χ1v) is 9.20. The van der Waals surface area contributed by atoms with Gasteiger partial charge in [-0.25, -0.2) is 8.93 Å². The zero-order chi connectivity index (χ0) is 18.0. The maximum absolute atomic E-state index is 12.4. The van der Waals surface area contributed by atoms with Crippen LogP contribution < -0.4 is 4.72 Å². The highest BCUT2D eigenvalue weighted by molar-refractivity contribution is 7.98. The standard InChI is InChI=1S/C18H15N3O3S/c1-25(24,20-11-10-19)14-8-6-13(7-9-14)12-21-17(22)15-4-2-3-5-16(15)18(21)23/h2-9H,1,11-12H2,(H,20,24). The molecule has 0 spiro atoms. The Bertz CT molecular complexity index is 954. The minimum absolute atomic E-state index is 0.0703. The van der Waals surface area contributed by atoms with Crippen LogP contribution in [0.2, 0.25) is 0 Å². The molecule has 25 heavy (non-hydrogen) atoms. The average Bonchev–Trinajstić information content (AvgIpc) is 2.86. The summed E-state index contributed by atoms with van der Waals surface area (Å²) in [6.45, 7) is 0.0652. The van der Waals surface area contributed by atoms with E-state index in [9.17, 15) is 13.8 Å². The predicted molar refractivity (Wildman–Crippen MR) is 94.2 cm³/mol. The van der Waals surface area contributed by atoms with E-state index in [1.54, 1.807) is 48.5 Å². The third kappa shape index (κ3) is 3.18. The van der Waals surface area contributed by atoms with Crippen LogP contribution in [0.1, 0.15) is 26.3 Å². The van der Waals surface area contributed by atoms with Crippen LogP contribution in [0.25, 0.3) is 0 Å². The van der Waals surface area contributed by atoms with Gasteiger partial charge in [-0.3, -0.25) is 14.5 Å². The summed E-state index contributed by atoms with van der Waals surface area (Å²) in [6.07, 6.45) is 0. The van der Waals surface area contributed by atoms with Gasteiger partial charge in [0, 0.05) is 4.90 Å². The second kappa shape index (κ2) is 6.51. The van der Waals surface area contributed by atoms with Crippen LogP contribution in [0.4, 0.5) is 0 Å². The van der Waals surface area contributed by atoms with E-state index in [0.717, 1.165) is 5.56 Å². The second-order valence-corrected chi connectivity index (χ2v) is 7.65. The van der Waals surface area contributed by atoms with Crippen molar-refractivity contribution < 1.29 is 13.8 Å². The second-order valence-electron chi connectivity index (χ2n) is 5.54. The average molecular weight is 353 g/mol. The van der Waals surface area contributed by atoms with Gasteiger partial charge in [-0.05, 0) is 35.7 Å². The molecule has 0 aliphatic carbocycles. The lowest BCUT2D eigenvalue weighted by atomic mass is 10.1. The van der Waals surface area contributed by atoms with E-state index in [0.29, 0.717) is 16.0 Å². The largest absolute Gasteiger partial charge is 0.270 e. The van der Waals surface area contributed by atoms with Gasteiger partial charge in [0.25, 0.3) is 11.8 Å². The molecule has 1 unspecified atom stereocenters. The summed E-state index contributed by atoms with van der Waals surface area (Å²) in [5.74, 6) is 2.97. The smallest absolute Gasteiger partial charge is 0.261 e. The number of nitriles is 1. The van der Waals surface area contributed by atoms with Crippen molar-refractivity contribution in [1.29, 1.82) is 5.26 Å². The van der Waals surface area contributed by atoms with Crippen molar-refractivity contribution in [3.05, 3.63) is 65.2 Å². The lowest BCUT2D eigenvalue weighted by Crippen LogP contribution is -2.29. The Labute approximate surface area is 145 Å². The number of nitrogens with one attached hydrogen (secondary N) is 1. The Morgan fingerprint density at radius 2 is 1.60 bits per heavy atom. The molecule has 126 valence electrons. The Balaban J connectivity index is 1.78. The van der Waals surface area contributed by atoms with E-state index in [1.807, 2.05) is 6.07 Å².